The lowest BCUT2D eigenvalue weighted by molar-refractivity contribution is -0.122. The van der Waals surface area contributed by atoms with Crippen LogP contribution in [-0.2, 0) is 4.79 Å². The molecular weight excluding hydrogens is 342 g/mol. The Morgan fingerprint density at radius 1 is 1.04 bits per heavy atom. The molecule has 1 aliphatic heterocycles. The van der Waals surface area contributed by atoms with Gasteiger partial charge in [0.2, 0.25) is 5.91 Å². The average Bonchev–Trinajstić information content (AvgIpc) is 2.99. The first kappa shape index (κ1) is 20.5. The quantitative estimate of drug-likeness (QED) is 0.586. The van der Waals surface area contributed by atoms with E-state index in [2.05, 4.69) is 46.0 Å². The monoisotopic (exact) mass is 385 g/mol. The number of rotatable bonds is 5. The topological polar surface area (TPSA) is 29.1 Å². The Bertz CT molecular complexity index is 624. The van der Waals surface area contributed by atoms with Crippen molar-refractivity contribution in [2.24, 2.45) is 46.3 Å². The molecule has 0 aromatic carbocycles. The molecule has 0 radical (unpaired) electrons. The van der Waals surface area contributed by atoms with Gasteiger partial charge in [0.05, 0.1) is 0 Å². The van der Waals surface area contributed by atoms with Gasteiger partial charge in [0.1, 0.15) is 0 Å². The predicted octanol–water partition coefficient (Wildman–Crippen LogP) is 6.36. The van der Waals surface area contributed by atoms with E-state index in [9.17, 15) is 4.79 Å². The van der Waals surface area contributed by atoms with E-state index < -0.39 is 0 Å². The summed E-state index contributed by atoms with van der Waals surface area (Å²) in [5.74, 6) is 5.31. The van der Waals surface area contributed by atoms with Gasteiger partial charge in [-0.2, -0.15) is 0 Å². The van der Waals surface area contributed by atoms with Crippen molar-refractivity contribution >= 4 is 5.91 Å². The first-order chi connectivity index (χ1) is 13.3. The molecule has 0 saturated heterocycles. The van der Waals surface area contributed by atoms with Crippen LogP contribution in [0.4, 0.5) is 0 Å². The molecule has 4 aliphatic rings. The third kappa shape index (κ3) is 3.27. The van der Waals surface area contributed by atoms with Gasteiger partial charge in [-0.15, -0.1) is 0 Å². The van der Waals surface area contributed by atoms with Gasteiger partial charge in [0.25, 0.3) is 0 Å². The second-order valence-electron chi connectivity index (χ2n) is 11.7. The molecular formula is C26H43NO. The second kappa shape index (κ2) is 7.47. The van der Waals surface area contributed by atoms with E-state index in [1.54, 1.807) is 0 Å². The first-order valence-electron chi connectivity index (χ1n) is 12.3. The number of hydrogen-bond acceptors (Lipinski definition) is 1. The highest BCUT2D eigenvalue weighted by Crippen LogP contribution is 2.66. The number of nitrogens with one attached hydrogen (secondary N) is 1. The number of hydrogen-bond donors (Lipinski definition) is 1. The normalized spacial score (nSPS) is 45.9. The molecule has 0 bridgehead atoms. The summed E-state index contributed by atoms with van der Waals surface area (Å²) in [6.45, 7) is 12.4. The van der Waals surface area contributed by atoms with Crippen LogP contribution in [0.5, 0.6) is 0 Å². The van der Waals surface area contributed by atoms with E-state index in [0.717, 1.165) is 35.5 Å². The molecule has 0 unspecified atom stereocenters. The van der Waals surface area contributed by atoms with Crippen LogP contribution in [0.25, 0.3) is 0 Å². The maximum atomic E-state index is 11.9. The highest BCUT2D eigenvalue weighted by Gasteiger charge is 2.60. The summed E-state index contributed by atoms with van der Waals surface area (Å²) in [6, 6.07) is 0.364. The summed E-state index contributed by atoms with van der Waals surface area (Å²) >= 11 is 0. The number of amides is 1. The van der Waals surface area contributed by atoms with Crippen molar-refractivity contribution < 1.29 is 4.79 Å². The Labute approximate surface area is 173 Å². The van der Waals surface area contributed by atoms with Crippen molar-refractivity contribution in [3.05, 3.63) is 12.2 Å². The van der Waals surface area contributed by atoms with Gasteiger partial charge in [0.15, 0.2) is 0 Å². The van der Waals surface area contributed by atoms with Gasteiger partial charge >= 0.3 is 0 Å². The second-order valence-corrected chi connectivity index (χ2v) is 11.7. The summed E-state index contributed by atoms with van der Waals surface area (Å²) < 4.78 is 0. The number of fused-ring (bicyclic) bond motifs is 5. The maximum Gasteiger partial charge on any atom is 0.243 e. The Kier molecular flexibility index (Phi) is 5.47. The van der Waals surface area contributed by atoms with E-state index in [1.807, 2.05) is 6.08 Å². The molecule has 158 valence electrons. The van der Waals surface area contributed by atoms with Gasteiger partial charge in [-0.3, -0.25) is 4.79 Å². The minimum Gasteiger partial charge on any atom is -0.349 e. The van der Waals surface area contributed by atoms with Crippen molar-refractivity contribution in [3.8, 4) is 0 Å². The third-order valence-corrected chi connectivity index (χ3v) is 9.89. The largest absolute Gasteiger partial charge is 0.349 e. The van der Waals surface area contributed by atoms with Gasteiger partial charge < -0.3 is 5.32 Å². The fourth-order valence-electron chi connectivity index (χ4n) is 8.36. The van der Waals surface area contributed by atoms with E-state index in [-0.39, 0.29) is 11.3 Å². The first-order valence-corrected chi connectivity index (χ1v) is 12.3. The number of carbonyl (C=O) groups is 1. The van der Waals surface area contributed by atoms with Crippen molar-refractivity contribution in [2.75, 3.05) is 0 Å². The molecule has 1 N–H and O–H groups in total. The Morgan fingerprint density at radius 2 is 1.82 bits per heavy atom. The molecule has 0 aromatic rings. The van der Waals surface area contributed by atoms with Crippen molar-refractivity contribution in [1.29, 1.82) is 0 Å². The molecule has 1 amide bonds. The van der Waals surface area contributed by atoms with Gasteiger partial charge in [0, 0.05) is 11.5 Å². The summed E-state index contributed by atoms with van der Waals surface area (Å²) in [7, 11) is 0. The fraction of sp³-hybridized carbons (Fsp3) is 0.885. The van der Waals surface area contributed by atoms with Gasteiger partial charge in [-0.05, 0) is 85.5 Å². The molecule has 0 spiro atoms. The molecule has 2 heteroatoms. The molecule has 3 aliphatic carbocycles. The molecule has 4 rings (SSSR count). The summed E-state index contributed by atoms with van der Waals surface area (Å²) in [5, 5.41) is 3.29. The Hall–Kier alpha value is -0.790. The van der Waals surface area contributed by atoms with Crippen LogP contribution in [0.2, 0.25) is 0 Å². The van der Waals surface area contributed by atoms with E-state index >= 15 is 0 Å². The summed E-state index contributed by atoms with van der Waals surface area (Å²) in [4.78, 5) is 11.9. The zero-order chi connectivity index (χ0) is 20.1. The van der Waals surface area contributed by atoms with E-state index in [0.29, 0.717) is 11.5 Å². The molecule has 1 heterocycles. The lowest BCUT2D eigenvalue weighted by atomic mass is 9.47. The van der Waals surface area contributed by atoms with E-state index in [4.69, 9.17) is 0 Å². The van der Waals surface area contributed by atoms with Gasteiger partial charge in [-0.25, -0.2) is 0 Å². The summed E-state index contributed by atoms with van der Waals surface area (Å²) in [6.07, 6.45) is 16.5. The predicted molar refractivity (Wildman–Crippen MR) is 117 cm³/mol. The zero-order valence-electron chi connectivity index (χ0n) is 19.0. The lowest BCUT2D eigenvalue weighted by Gasteiger charge is -2.59. The molecule has 3 saturated carbocycles. The molecule has 28 heavy (non-hydrogen) atoms. The SMILES string of the molecule is CC(C)CCC[C@@H](C)[C@H]1CC[C@H]2[C@@H]3CC[C@H]4NC(=O)C=C[C@]4(C)[C@H]3CC[C@]12C. The van der Waals surface area contributed by atoms with Crippen molar-refractivity contribution in [1.82, 2.24) is 5.32 Å². The molecule has 2 nitrogen and oxygen atoms in total. The fourth-order valence-corrected chi connectivity index (χ4v) is 8.36. The third-order valence-electron chi connectivity index (χ3n) is 9.89. The van der Waals surface area contributed by atoms with E-state index in [1.165, 1.54) is 57.8 Å². The average molecular weight is 386 g/mol. The van der Waals surface area contributed by atoms with Gasteiger partial charge in [-0.1, -0.05) is 60.0 Å². The van der Waals surface area contributed by atoms with Crippen LogP contribution in [-0.4, -0.2) is 11.9 Å². The smallest absolute Gasteiger partial charge is 0.243 e. The highest BCUT2D eigenvalue weighted by molar-refractivity contribution is 5.89. The Balaban J connectivity index is 1.49. The van der Waals surface area contributed by atoms with Crippen molar-refractivity contribution in [2.45, 2.75) is 98.4 Å². The van der Waals surface area contributed by atoms with Crippen LogP contribution < -0.4 is 5.32 Å². The molecule has 3 fully saturated rings. The summed E-state index contributed by atoms with van der Waals surface area (Å²) in [5.41, 5.74) is 0.738. The zero-order valence-corrected chi connectivity index (χ0v) is 19.0. The van der Waals surface area contributed by atoms with Crippen LogP contribution in [0.1, 0.15) is 92.4 Å². The van der Waals surface area contributed by atoms with Crippen LogP contribution in [0.15, 0.2) is 12.2 Å². The van der Waals surface area contributed by atoms with Crippen LogP contribution in [0, 0.1) is 46.3 Å². The van der Waals surface area contributed by atoms with Crippen LogP contribution >= 0.6 is 0 Å². The minimum atomic E-state index is 0.123. The molecule has 0 aromatic heterocycles. The minimum absolute atomic E-state index is 0.123. The Morgan fingerprint density at radius 3 is 2.57 bits per heavy atom. The standard InChI is InChI=1S/C26H43NO/c1-17(2)7-6-8-18(3)20-10-11-21-19-9-12-23-26(5,16-14-24(28)27-23)22(19)13-15-25(20,21)4/h14,16-23H,6-13,15H2,1-5H3,(H,27,28)/t18-,19+,20-,21+,22+,23-,25-,26-/m1/s1. The van der Waals surface area contributed by atoms with Crippen LogP contribution in [0.3, 0.4) is 0 Å². The van der Waals surface area contributed by atoms with Crippen molar-refractivity contribution in [3.63, 3.8) is 0 Å². The maximum absolute atomic E-state index is 11.9. The highest BCUT2D eigenvalue weighted by atomic mass is 16.1. The molecule has 8 atom stereocenters. The lowest BCUT2D eigenvalue weighted by Crippen LogP contribution is -2.59. The number of carbonyl (C=O) groups excluding carboxylic acids is 1.